The summed E-state index contributed by atoms with van der Waals surface area (Å²) in [5.74, 6) is -3.21. The van der Waals surface area contributed by atoms with E-state index in [1.54, 1.807) is 6.92 Å². The van der Waals surface area contributed by atoms with Crippen LogP contribution in [0.2, 0.25) is 10.0 Å². The zero-order valence-electron chi connectivity index (χ0n) is 18.5. The fourth-order valence-electron chi connectivity index (χ4n) is 2.21. The predicted molar refractivity (Wildman–Crippen MR) is 118 cm³/mol. The van der Waals surface area contributed by atoms with Crippen molar-refractivity contribution in [2.45, 2.75) is 52.4 Å². The van der Waals surface area contributed by atoms with Crippen LogP contribution < -0.4 is 4.74 Å². The summed E-state index contributed by atoms with van der Waals surface area (Å²) in [4.78, 5) is 58.5. The van der Waals surface area contributed by atoms with Crippen molar-refractivity contribution in [1.82, 2.24) is 0 Å². The van der Waals surface area contributed by atoms with E-state index in [2.05, 4.69) is 6.58 Å². The number of hydrogen-bond acceptors (Lipinski definition) is 9. The molecule has 180 valence electrons. The van der Waals surface area contributed by atoms with E-state index >= 15 is 0 Å². The van der Waals surface area contributed by atoms with Gasteiger partial charge < -0.3 is 18.9 Å². The lowest BCUT2D eigenvalue weighted by Gasteiger charge is -2.17. The van der Waals surface area contributed by atoms with Gasteiger partial charge in [-0.05, 0) is 44.9 Å². The third-order valence-electron chi connectivity index (χ3n) is 4.14. The molecule has 0 unspecified atom stereocenters. The van der Waals surface area contributed by atoms with Crippen LogP contribution in [0.1, 0.15) is 44.5 Å². The van der Waals surface area contributed by atoms with Crippen molar-refractivity contribution >= 4 is 53.2 Å². The summed E-state index contributed by atoms with van der Waals surface area (Å²) in [5, 5.41) is -0.132. The molecule has 0 aliphatic rings. The molecule has 9 nitrogen and oxygen atoms in total. The molecule has 33 heavy (non-hydrogen) atoms. The van der Waals surface area contributed by atoms with E-state index in [0.717, 1.165) is 0 Å². The Morgan fingerprint density at radius 2 is 1.55 bits per heavy atom. The number of hydrogen-bond donors (Lipinski definition) is 0. The third-order valence-corrected chi connectivity index (χ3v) is 5.01. The first-order valence-electron chi connectivity index (χ1n) is 9.81. The van der Waals surface area contributed by atoms with Crippen LogP contribution in [0.15, 0.2) is 24.3 Å². The average Bonchev–Trinajstić information content (AvgIpc) is 2.78. The molecule has 1 rings (SSSR count). The maximum atomic E-state index is 12.3. The Morgan fingerprint density at radius 3 is 2.12 bits per heavy atom. The molecule has 0 saturated heterocycles. The van der Waals surface area contributed by atoms with Gasteiger partial charge in [0.2, 0.25) is 0 Å². The molecule has 3 atom stereocenters. The molecule has 0 aliphatic heterocycles. The van der Waals surface area contributed by atoms with Gasteiger partial charge in [-0.3, -0.25) is 9.59 Å². The van der Waals surface area contributed by atoms with Gasteiger partial charge in [0.15, 0.2) is 37.0 Å². The summed E-state index contributed by atoms with van der Waals surface area (Å²) in [7, 11) is 0. The van der Waals surface area contributed by atoms with Crippen molar-refractivity contribution in [2.75, 3.05) is 6.61 Å². The highest BCUT2D eigenvalue weighted by molar-refractivity contribution is 6.45. The maximum absolute atomic E-state index is 12.3. The molecule has 0 aliphatic carbocycles. The van der Waals surface area contributed by atoms with Crippen molar-refractivity contribution < 1.29 is 42.9 Å². The molecule has 1 aromatic carbocycles. The number of ketones is 1. The molecule has 0 amide bonds. The van der Waals surface area contributed by atoms with Crippen LogP contribution in [-0.4, -0.2) is 54.9 Å². The van der Waals surface area contributed by atoms with Crippen molar-refractivity contribution in [3.8, 4) is 5.75 Å². The molecule has 0 aromatic heterocycles. The molecule has 0 spiro atoms. The van der Waals surface area contributed by atoms with Crippen LogP contribution in [0.3, 0.4) is 0 Å². The highest BCUT2D eigenvalue weighted by Crippen LogP contribution is 2.35. The molecule has 0 bridgehead atoms. The van der Waals surface area contributed by atoms with E-state index < -0.39 is 42.8 Å². The summed E-state index contributed by atoms with van der Waals surface area (Å²) in [5.41, 5.74) is 0.502. The first-order valence-corrected chi connectivity index (χ1v) is 10.6. The number of halogens is 2. The lowest BCUT2D eigenvalue weighted by molar-refractivity contribution is -0.179. The second-order valence-electron chi connectivity index (χ2n) is 6.80. The normalized spacial score (nSPS) is 13.2. The number of carbonyl (C=O) groups is 5. The average molecular weight is 503 g/mol. The zero-order valence-corrected chi connectivity index (χ0v) is 20.0. The first kappa shape index (κ1) is 28.1. The van der Waals surface area contributed by atoms with E-state index in [0.29, 0.717) is 18.3 Å². The summed E-state index contributed by atoms with van der Waals surface area (Å²) in [6.07, 6.45) is -2.83. The van der Waals surface area contributed by atoms with Gasteiger partial charge in [-0.25, -0.2) is 14.4 Å². The molecule has 11 heteroatoms. The van der Waals surface area contributed by atoms with Crippen LogP contribution in [0, 0.1) is 0 Å². The quantitative estimate of drug-likeness (QED) is 0.139. The van der Waals surface area contributed by atoms with Crippen LogP contribution in [-0.2, 0) is 33.4 Å². The van der Waals surface area contributed by atoms with Gasteiger partial charge in [-0.2, -0.15) is 0 Å². The smallest absolute Gasteiger partial charge is 0.347 e. The third kappa shape index (κ3) is 8.18. The number of carbonyl (C=O) groups excluding carboxylic acids is 5. The van der Waals surface area contributed by atoms with Gasteiger partial charge in [0.25, 0.3) is 0 Å². The zero-order chi connectivity index (χ0) is 25.3. The molecule has 0 heterocycles. The monoisotopic (exact) mass is 502 g/mol. The number of benzene rings is 1. The van der Waals surface area contributed by atoms with Crippen LogP contribution in [0.4, 0.5) is 0 Å². The van der Waals surface area contributed by atoms with E-state index in [4.69, 9.17) is 42.1 Å². The minimum Gasteiger partial charge on any atom is -0.480 e. The van der Waals surface area contributed by atoms with Crippen molar-refractivity contribution in [2.24, 2.45) is 0 Å². The fourth-order valence-corrected chi connectivity index (χ4v) is 2.67. The SMILES string of the molecule is C=C(CC)C(=O)c1ccc(OCC(=O)O[C@@H](C)C(=O)O[C@@H](C)C(=O)O[C@@H](C)C=O)c(Cl)c1Cl. The Labute approximate surface area is 200 Å². The highest BCUT2D eigenvalue weighted by atomic mass is 35.5. The van der Waals surface area contributed by atoms with Gasteiger partial charge in [0.05, 0.1) is 5.02 Å². The van der Waals surface area contributed by atoms with Gasteiger partial charge >= 0.3 is 17.9 Å². The number of Topliss-reactive ketones (excluding diaryl/α,β-unsaturated/α-hetero) is 1. The maximum Gasteiger partial charge on any atom is 0.347 e. The summed E-state index contributed by atoms with van der Waals surface area (Å²) >= 11 is 12.3. The fraction of sp³-hybridized carbons (Fsp3) is 0.409. The van der Waals surface area contributed by atoms with E-state index in [1.807, 2.05) is 0 Å². The largest absolute Gasteiger partial charge is 0.480 e. The summed E-state index contributed by atoms with van der Waals surface area (Å²) < 4.78 is 19.7. The Hall–Kier alpha value is -2.91. The molecule has 0 fully saturated rings. The van der Waals surface area contributed by atoms with Gasteiger partial charge in [-0.15, -0.1) is 0 Å². The molecule has 1 aromatic rings. The van der Waals surface area contributed by atoms with Crippen molar-refractivity contribution in [1.29, 1.82) is 0 Å². The summed E-state index contributed by atoms with van der Waals surface area (Å²) in [6, 6.07) is 2.76. The van der Waals surface area contributed by atoms with E-state index in [9.17, 15) is 24.0 Å². The topological polar surface area (TPSA) is 122 Å². The number of allylic oxidation sites excluding steroid dienone is 1. The lowest BCUT2D eigenvalue weighted by atomic mass is 10.0. The molecular formula is C22H24Cl2O9. The number of esters is 3. The Kier molecular flexibility index (Phi) is 11.0. The van der Waals surface area contributed by atoms with E-state index in [-0.39, 0.29) is 27.1 Å². The molecule has 0 saturated carbocycles. The van der Waals surface area contributed by atoms with E-state index in [1.165, 1.54) is 32.9 Å². The van der Waals surface area contributed by atoms with Gasteiger partial charge in [0, 0.05) is 5.56 Å². The second kappa shape index (κ2) is 13.0. The molecule has 0 N–H and O–H groups in total. The van der Waals surface area contributed by atoms with Gasteiger partial charge in [0.1, 0.15) is 10.8 Å². The summed E-state index contributed by atoms with van der Waals surface area (Å²) in [6.45, 7) is 8.63. The number of aldehydes is 1. The standard InChI is InChI=1S/C22H24Cl2O9/c1-6-11(2)20(27)15-7-8-16(19(24)18(15)23)30-10-17(26)32-13(4)22(29)33-14(5)21(28)31-12(3)9-25/h7-9,12-14H,2,6,10H2,1,3-5H3/t12-,13-,14-/m0/s1. The number of ether oxygens (including phenoxy) is 4. The lowest BCUT2D eigenvalue weighted by Crippen LogP contribution is -2.35. The first-order chi connectivity index (χ1) is 15.4. The number of rotatable bonds is 12. The Bertz CT molecular complexity index is 942. The van der Waals surface area contributed by atoms with Crippen LogP contribution in [0.25, 0.3) is 0 Å². The van der Waals surface area contributed by atoms with Crippen LogP contribution >= 0.6 is 23.2 Å². The van der Waals surface area contributed by atoms with Crippen LogP contribution in [0.5, 0.6) is 5.75 Å². The molecular weight excluding hydrogens is 479 g/mol. The Morgan fingerprint density at radius 1 is 0.970 bits per heavy atom. The molecule has 0 radical (unpaired) electrons. The predicted octanol–water partition coefficient (Wildman–Crippen LogP) is 3.52. The second-order valence-corrected chi connectivity index (χ2v) is 7.56. The van der Waals surface area contributed by atoms with Gasteiger partial charge in [-0.1, -0.05) is 36.7 Å². The Balaban J connectivity index is 2.65. The van der Waals surface area contributed by atoms with Crippen molar-refractivity contribution in [3.63, 3.8) is 0 Å². The minimum atomic E-state index is -1.36. The van der Waals surface area contributed by atoms with Crippen molar-refractivity contribution in [3.05, 3.63) is 39.9 Å². The minimum absolute atomic E-state index is 0.0215. The highest BCUT2D eigenvalue weighted by Gasteiger charge is 2.27.